The van der Waals surface area contributed by atoms with Gasteiger partial charge in [-0.25, -0.2) is 0 Å². The van der Waals surface area contributed by atoms with Gasteiger partial charge in [0.15, 0.2) is 0 Å². The number of nitrogens with one attached hydrogen (secondary N) is 1. The predicted octanol–water partition coefficient (Wildman–Crippen LogP) is 1.99. The minimum absolute atomic E-state index is 0.711. The summed E-state index contributed by atoms with van der Waals surface area (Å²) in [5.41, 5.74) is 1.37. The largest absolute Gasteiger partial charge is 0.317 e. The summed E-state index contributed by atoms with van der Waals surface area (Å²) in [5.74, 6) is 3.11. The summed E-state index contributed by atoms with van der Waals surface area (Å²) in [6.07, 6.45) is 11.0. The van der Waals surface area contributed by atoms with Gasteiger partial charge in [0.25, 0.3) is 0 Å². The van der Waals surface area contributed by atoms with E-state index in [0.29, 0.717) is 6.04 Å². The first-order valence-electron chi connectivity index (χ1n) is 6.91. The first-order chi connectivity index (χ1) is 8.26. The number of rotatable bonds is 5. The molecule has 2 aliphatic rings. The number of hydrogen-bond donors (Lipinski definition) is 1. The van der Waals surface area contributed by atoms with Crippen LogP contribution in [0.4, 0.5) is 0 Å². The summed E-state index contributed by atoms with van der Waals surface area (Å²) in [6.45, 7) is 0. The fourth-order valence-electron chi connectivity index (χ4n) is 3.63. The van der Waals surface area contributed by atoms with Crippen LogP contribution in [-0.2, 0) is 13.5 Å². The summed E-state index contributed by atoms with van der Waals surface area (Å²) in [6, 6.07) is 0.711. The van der Waals surface area contributed by atoms with Gasteiger partial charge in [0, 0.05) is 19.3 Å². The Balaban J connectivity index is 1.51. The van der Waals surface area contributed by atoms with E-state index in [1.165, 1.54) is 31.2 Å². The Morgan fingerprint density at radius 2 is 2.18 bits per heavy atom. The zero-order chi connectivity index (χ0) is 11.8. The highest BCUT2D eigenvalue weighted by molar-refractivity contribution is 5.05. The monoisotopic (exact) mass is 233 g/mol. The third-order valence-electron chi connectivity index (χ3n) is 4.72. The normalized spacial score (nSPS) is 32.5. The Labute approximate surface area is 104 Å². The maximum Gasteiger partial charge on any atom is 0.0521 e. The molecule has 1 aromatic heterocycles. The summed E-state index contributed by atoms with van der Waals surface area (Å²) in [5, 5.41) is 7.77. The first kappa shape index (κ1) is 11.3. The van der Waals surface area contributed by atoms with Crippen LogP contribution in [0, 0.1) is 17.8 Å². The topological polar surface area (TPSA) is 29.9 Å². The van der Waals surface area contributed by atoms with Gasteiger partial charge >= 0.3 is 0 Å². The smallest absolute Gasteiger partial charge is 0.0521 e. The van der Waals surface area contributed by atoms with E-state index in [1.807, 2.05) is 17.9 Å². The van der Waals surface area contributed by atoms with Crippen LogP contribution < -0.4 is 5.32 Å². The zero-order valence-corrected chi connectivity index (χ0v) is 10.9. The van der Waals surface area contributed by atoms with E-state index in [0.717, 1.165) is 24.2 Å². The average molecular weight is 233 g/mol. The average Bonchev–Trinajstić information content (AvgIpc) is 2.74. The van der Waals surface area contributed by atoms with E-state index in [9.17, 15) is 0 Å². The molecule has 1 N–H and O–H groups in total. The van der Waals surface area contributed by atoms with Crippen LogP contribution in [0.5, 0.6) is 0 Å². The lowest BCUT2D eigenvalue weighted by atomic mass is 9.90. The quantitative estimate of drug-likeness (QED) is 0.843. The number of hydrogen-bond acceptors (Lipinski definition) is 2. The highest BCUT2D eigenvalue weighted by Gasteiger charge is 2.47. The van der Waals surface area contributed by atoms with E-state index in [1.54, 1.807) is 0 Å². The van der Waals surface area contributed by atoms with Crippen molar-refractivity contribution < 1.29 is 0 Å². The van der Waals surface area contributed by atoms with E-state index < -0.39 is 0 Å². The molecule has 3 unspecified atom stereocenters. The molecule has 0 aliphatic heterocycles. The molecular weight excluding hydrogens is 210 g/mol. The third kappa shape index (κ3) is 2.39. The molecule has 0 saturated heterocycles. The van der Waals surface area contributed by atoms with Crippen molar-refractivity contribution in [2.75, 3.05) is 7.05 Å². The molecule has 0 bridgehead atoms. The minimum atomic E-state index is 0.711. The molecule has 1 heterocycles. The maximum absolute atomic E-state index is 4.23. The molecule has 2 fully saturated rings. The summed E-state index contributed by atoms with van der Waals surface area (Å²) in [4.78, 5) is 0. The lowest BCUT2D eigenvalue weighted by Crippen LogP contribution is -2.33. The van der Waals surface area contributed by atoms with Gasteiger partial charge in [-0.15, -0.1) is 0 Å². The fraction of sp³-hybridized carbons (Fsp3) is 0.786. The highest BCUT2D eigenvalue weighted by atomic mass is 15.2. The van der Waals surface area contributed by atoms with Gasteiger partial charge in [-0.3, -0.25) is 4.68 Å². The van der Waals surface area contributed by atoms with Gasteiger partial charge in [0.05, 0.1) is 6.20 Å². The second-order valence-corrected chi connectivity index (χ2v) is 5.94. The van der Waals surface area contributed by atoms with Crippen LogP contribution in [0.25, 0.3) is 0 Å². The SMILES string of the molecule is CNC(CCc1cnn(C)c1)C1CC2CC2C1. The molecule has 3 nitrogen and oxygen atoms in total. The predicted molar refractivity (Wildman–Crippen MR) is 68.7 cm³/mol. The fourth-order valence-corrected chi connectivity index (χ4v) is 3.63. The van der Waals surface area contributed by atoms with E-state index in [2.05, 4.69) is 23.7 Å². The molecule has 0 spiro atoms. The van der Waals surface area contributed by atoms with Crippen molar-refractivity contribution in [2.45, 2.75) is 38.1 Å². The standard InChI is InChI=1S/C14H23N3/c1-15-14(13-6-11-5-12(11)7-13)4-3-10-8-16-17(2)9-10/h8-9,11-15H,3-7H2,1-2H3. The molecule has 1 aromatic rings. The van der Waals surface area contributed by atoms with Crippen LogP contribution in [-0.4, -0.2) is 22.9 Å². The van der Waals surface area contributed by atoms with E-state index >= 15 is 0 Å². The highest BCUT2D eigenvalue weighted by Crippen LogP contribution is 2.55. The van der Waals surface area contributed by atoms with Crippen molar-refractivity contribution in [3.63, 3.8) is 0 Å². The molecule has 3 atom stereocenters. The van der Waals surface area contributed by atoms with Crippen LogP contribution in [0.15, 0.2) is 12.4 Å². The van der Waals surface area contributed by atoms with Gasteiger partial charge in [-0.2, -0.15) is 5.10 Å². The zero-order valence-electron chi connectivity index (χ0n) is 10.9. The Morgan fingerprint density at radius 1 is 1.41 bits per heavy atom. The number of fused-ring (bicyclic) bond motifs is 1. The Hall–Kier alpha value is -0.830. The van der Waals surface area contributed by atoms with E-state index in [-0.39, 0.29) is 0 Å². The number of aryl methyl sites for hydroxylation is 2. The van der Waals surface area contributed by atoms with Crippen molar-refractivity contribution in [1.29, 1.82) is 0 Å². The lowest BCUT2D eigenvalue weighted by Gasteiger charge is -2.24. The molecule has 2 aliphatic carbocycles. The van der Waals surface area contributed by atoms with Gasteiger partial charge in [-0.05, 0) is 62.5 Å². The molecule has 0 aromatic carbocycles. The third-order valence-corrected chi connectivity index (χ3v) is 4.72. The summed E-state index contributed by atoms with van der Waals surface area (Å²) in [7, 11) is 4.11. The number of aromatic nitrogens is 2. The first-order valence-corrected chi connectivity index (χ1v) is 6.91. The minimum Gasteiger partial charge on any atom is -0.317 e. The Morgan fingerprint density at radius 3 is 2.76 bits per heavy atom. The van der Waals surface area contributed by atoms with Crippen molar-refractivity contribution in [1.82, 2.24) is 15.1 Å². The lowest BCUT2D eigenvalue weighted by molar-refractivity contribution is 0.335. The van der Waals surface area contributed by atoms with Crippen molar-refractivity contribution in [3.8, 4) is 0 Å². The van der Waals surface area contributed by atoms with Crippen LogP contribution >= 0.6 is 0 Å². The molecule has 0 radical (unpaired) electrons. The molecular formula is C14H23N3. The summed E-state index contributed by atoms with van der Waals surface area (Å²) >= 11 is 0. The molecule has 94 valence electrons. The molecule has 0 amide bonds. The van der Waals surface area contributed by atoms with E-state index in [4.69, 9.17) is 0 Å². The molecule has 2 saturated carbocycles. The van der Waals surface area contributed by atoms with Gasteiger partial charge in [0.2, 0.25) is 0 Å². The summed E-state index contributed by atoms with van der Waals surface area (Å²) < 4.78 is 1.90. The van der Waals surface area contributed by atoms with Crippen LogP contribution in [0.2, 0.25) is 0 Å². The van der Waals surface area contributed by atoms with Gasteiger partial charge < -0.3 is 5.32 Å². The Bertz CT molecular complexity index is 375. The second kappa shape index (κ2) is 4.45. The van der Waals surface area contributed by atoms with Crippen LogP contribution in [0.1, 0.15) is 31.2 Å². The van der Waals surface area contributed by atoms with Gasteiger partial charge in [0.1, 0.15) is 0 Å². The maximum atomic E-state index is 4.23. The number of nitrogens with zero attached hydrogens (tertiary/aromatic N) is 2. The van der Waals surface area contributed by atoms with Crippen molar-refractivity contribution >= 4 is 0 Å². The van der Waals surface area contributed by atoms with Gasteiger partial charge in [-0.1, -0.05) is 0 Å². The molecule has 3 heteroatoms. The van der Waals surface area contributed by atoms with Crippen LogP contribution in [0.3, 0.4) is 0 Å². The molecule has 17 heavy (non-hydrogen) atoms. The van der Waals surface area contributed by atoms with Crippen molar-refractivity contribution in [3.05, 3.63) is 18.0 Å². The molecule has 3 rings (SSSR count). The Kier molecular flexibility index (Phi) is 2.95. The van der Waals surface area contributed by atoms with Crippen molar-refractivity contribution in [2.24, 2.45) is 24.8 Å². The second-order valence-electron chi connectivity index (χ2n) is 5.94.